The first-order valence-corrected chi connectivity index (χ1v) is 10.4. The molecule has 3 aromatic rings. The Labute approximate surface area is 173 Å². The summed E-state index contributed by atoms with van der Waals surface area (Å²) < 4.78 is 1.95. The van der Waals surface area contributed by atoms with Crippen molar-refractivity contribution in [2.75, 3.05) is 0 Å². The molecular formula is C25H30N2O2. The third-order valence-electron chi connectivity index (χ3n) is 5.41. The number of hydrogen-bond donors (Lipinski definition) is 1. The van der Waals surface area contributed by atoms with E-state index in [2.05, 4.69) is 61.5 Å². The van der Waals surface area contributed by atoms with Gasteiger partial charge in [-0.3, -0.25) is 9.48 Å². The highest BCUT2D eigenvalue weighted by molar-refractivity contribution is 5.70. The Balaban J connectivity index is 1.52. The molecule has 4 nitrogen and oxygen atoms in total. The van der Waals surface area contributed by atoms with Gasteiger partial charge in [0, 0.05) is 17.8 Å². The van der Waals surface area contributed by atoms with Gasteiger partial charge in [0.05, 0.1) is 12.1 Å². The van der Waals surface area contributed by atoms with Crippen molar-refractivity contribution in [3.8, 4) is 11.1 Å². The number of carboxylic acids is 1. The van der Waals surface area contributed by atoms with E-state index in [1.54, 1.807) is 0 Å². The summed E-state index contributed by atoms with van der Waals surface area (Å²) in [5, 5.41) is 14.0. The fourth-order valence-corrected chi connectivity index (χ4v) is 3.56. The van der Waals surface area contributed by atoms with Crippen LogP contribution in [0.5, 0.6) is 0 Å². The van der Waals surface area contributed by atoms with Gasteiger partial charge in [0.15, 0.2) is 0 Å². The molecule has 1 unspecified atom stereocenters. The zero-order chi connectivity index (χ0) is 20.6. The minimum atomic E-state index is -0.684. The second kappa shape index (κ2) is 10.1. The second-order valence-corrected chi connectivity index (χ2v) is 7.95. The summed E-state index contributed by atoms with van der Waals surface area (Å²) >= 11 is 0. The van der Waals surface area contributed by atoms with E-state index in [-0.39, 0.29) is 5.92 Å². The van der Waals surface area contributed by atoms with Crippen LogP contribution in [0.3, 0.4) is 0 Å². The van der Waals surface area contributed by atoms with Gasteiger partial charge >= 0.3 is 5.97 Å². The van der Waals surface area contributed by atoms with Gasteiger partial charge in [-0.15, -0.1) is 0 Å². The molecule has 1 atom stereocenters. The lowest BCUT2D eigenvalue weighted by Gasteiger charge is -2.12. The summed E-state index contributed by atoms with van der Waals surface area (Å²) in [6.45, 7) is 4.22. The molecule has 0 aliphatic heterocycles. The zero-order valence-electron chi connectivity index (χ0n) is 17.3. The number of hydrogen-bond acceptors (Lipinski definition) is 2. The monoisotopic (exact) mass is 390 g/mol. The topological polar surface area (TPSA) is 55.1 Å². The van der Waals surface area contributed by atoms with Gasteiger partial charge < -0.3 is 5.11 Å². The third kappa shape index (κ3) is 6.05. The molecule has 0 amide bonds. The summed E-state index contributed by atoms with van der Waals surface area (Å²) in [6.07, 6.45) is 7.97. The van der Waals surface area contributed by atoms with Crippen LogP contribution >= 0.6 is 0 Å². The van der Waals surface area contributed by atoms with Gasteiger partial charge in [0.2, 0.25) is 0 Å². The SMILES string of the molecule is CC(C)n1cc(-c2ccc(CCC(CCCc3ccccc3)C(=O)O)cc2)cn1. The van der Waals surface area contributed by atoms with Gasteiger partial charge in [-0.2, -0.15) is 5.10 Å². The number of aliphatic carboxylic acids is 1. The average Bonchev–Trinajstić information content (AvgIpc) is 3.22. The Morgan fingerprint density at radius 1 is 0.931 bits per heavy atom. The Morgan fingerprint density at radius 3 is 2.24 bits per heavy atom. The first kappa shape index (κ1) is 20.8. The summed E-state index contributed by atoms with van der Waals surface area (Å²) in [6, 6.07) is 19.0. The molecule has 0 aliphatic rings. The molecule has 29 heavy (non-hydrogen) atoms. The smallest absolute Gasteiger partial charge is 0.306 e. The zero-order valence-corrected chi connectivity index (χ0v) is 17.3. The number of aryl methyl sites for hydroxylation is 2. The van der Waals surface area contributed by atoms with Gasteiger partial charge in [-0.25, -0.2) is 0 Å². The Morgan fingerprint density at radius 2 is 1.62 bits per heavy atom. The minimum Gasteiger partial charge on any atom is -0.481 e. The lowest BCUT2D eigenvalue weighted by atomic mass is 9.93. The molecule has 1 aromatic heterocycles. The second-order valence-electron chi connectivity index (χ2n) is 7.95. The Hall–Kier alpha value is -2.88. The number of aromatic nitrogens is 2. The summed E-state index contributed by atoms with van der Waals surface area (Å²) in [7, 11) is 0. The minimum absolute atomic E-state index is 0.289. The third-order valence-corrected chi connectivity index (χ3v) is 5.41. The van der Waals surface area contributed by atoms with Gasteiger partial charge in [-0.05, 0) is 62.6 Å². The fraction of sp³-hybridized carbons (Fsp3) is 0.360. The van der Waals surface area contributed by atoms with Crippen LogP contribution in [-0.4, -0.2) is 20.9 Å². The van der Waals surface area contributed by atoms with E-state index in [1.165, 1.54) is 11.1 Å². The van der Waals surface area contributed by atoms with Crippen molar-refractivity contribution < 1.29 is 9.90 Å². The van der Waals surface area contributed by atoms with E-state index < -0.39 is 5.97 Å². The van der Waals surface area contributed by atoms with Crippen LogP contribution in [0.1, 0.15) is 50.3 Å². The highest BCUT2D eigenvalue weighted by atomic mass is 16.4. The molecule has 0 bridgehead atoms. The maximum atomic E-state index is 11.7. The predicted octanol–water partition coefficient (Wildman–Crippen LogP) is 5.79. The van der Waals surface area contributed by atoms with Crippen molar-refractivity contribution in [2.24, 2.45) is 5.92 Å². The highest BCUT2D eigenvalue weighted by Gasteiger charge is 2.17. The standard InChI is InChI=1S/C25H30N2O2/c1-19(2)27-18-24(17-26-27)22-14-11-21(12-15-22)13-16-23(25(28)29)10-6-9-20-7-4-3-5-8-20/h3-5,7-8,11-12,14-15,17-19,23H,6,9-10,13,16H2,1-2H3,(H,28,29). The molecule has 0 saturated carbocycles. The number of benzene rings is 2. The largest absolute Gasteiger partial charge is 0.481 e. The van der Waals surface area contributed by atoms with Crippen LogP contribution in [0, 0.1) is 5.92 Å². The van der Waals surface area contributed by atoms with Crippen LogP contribution in [0.15, 0.2) is 67.0 Å². The average molecular weight is 391 g/mol. The van der Waals surface area contributed by atoms with Crippen molar-refractivity contribution in [3.05, 3.63) is 78.1 Å². The maximum Gasteiger partial charge on any atom is 0.306 e. The molecule has 0 radical (unpaired) electrons. The molecule has 0 fully saturated rings. The first-order chi connectivity index (χ1) is 14.0. The normalized spacial score (nSPS) is 12.2. The molecule has 0 aliphatic carbocycles. The molecule has 1 heterocycles. The Kier molecular flexibility index (Phi) is 7.23. The quantitative estimate of drug-likeness (QED) is 0.477. The van der Waals surface area contributed by atoms with Crippen molar-refractivity contribution in [2.45, 2.75) is 52.0 Å². The van der Waals surface area contributed by atoms with Crippen LogP contribution < -0.4 is 0 Å². The first-order valence-electron chi connectivity index (χ1n) is 10.4. The lowest BCUT2D eigenvalue weighted by molar-refractivity contribution is -0.142. The van der Waals surface area contributed by atoms with Crippen molar-refractivity contribution in [1.29, 1.82) is 0 Å². The van der Waals surface area contributed by atoms with E-state index in [1.807, 2.05) is 29.1 Å². The molecule has 3 rings (SSSR count). The van der Waals surface area contributed by atoms with Crippen LogP contribution in [0.4, 0.5) is 0 Å². The van der Waals surface area contributed by atoms with Crippen LogP contribution in [0.2, 0.25) is 0 Å². The van der Waals surface area contributed by atoms with Gasteiger partial charge in [0.25, 0.3) is 0 Å². The van der Waals surface area contributed by atoms with E-state index in [9.17, 15) is 9.90 Å². The number of carboxylic acid groups (broad SMARTS) is 1. The van der Waals surface area contributed by atoms with E-state index in [0.717, 1.165) is 36.8 Å². The number of rotatable bonds is 10. The summed E-state index contributed by atoms with van der Waals surface area (Å²) in [5.74, 6) is -0.974. The van der Waals surface area contributed by atoms with E-state index in [4.69, 9.17) is 0 Å². The summed E-state index contributed by atoms with van der Waals surface area (Å²) in [5.41, 5.74) is 4.69. The van der Waals surface area contributed by atoms with E-state index in [0.29, 0.717) is 12.5 Å². The molecule has 0 saturated heterocycles. The molecule has 1 N–H and O–H groups in total. The van der Waals surface area contributed by atoms with E-state index >= 15 is 0 Å². The van der Waals surface area contributed by atoms with Gasteiger partial charge in [-0.1, -0.05) is 54.6 Å². The predicted molar refractivity (Wildman–Crippen MR) is 117 cm³/mol. The molecular weight excluding hydrogens is 360 g/mol. The Bertz CT molecular complexity index is 898. The molecule has 4 heteroatoms. The summed E-state index contributed by atoms with van der Waals surface area (Å²) in [4.78, 5) is 11.7. The lowest BCUT2D eigenvalue weighted by Crippen LogP contribution is -2.15. The van der Waals surface area contributed by atoms with Crippen molar-refractivity contribution in [3.63, 3.8) is 0 Å². The van der Waals surface area contributed by atoms with Crippen LogP contribution in [-0.2, 0) is 17.6 Å². The van der Waals surface area contributed by atoms with Gasteiger partial charge in [0.1, 0.15) is 0 Å². The number of nitrogens with zero attached hydrogens (tertiary/aromatic N) is 2. The molecule has 2 aromatic carbocycles. The molecule has 152 valence electrons. The fourth-order valence-electron chi connectivity index (χ4n) is 3.56. The highest BCUT2D eigenvalue weighted by Crippen LogP contribution is 2.22. The molecule has 0 spiro atoms. The van der Waals surface area contributed by atoms with Crippen molar-refractivity contribution >= 4 is 5.97 Å². The van der Waals surface area contributed by atoms with Crippen molar-refractivity contribution in [1.82, 2.24) is 9.78 Å². The maximum absolute atomic E-state index is 11.7. The van der Waals surface area contributed by atoms with Crippen LogP contribution in [0.25, 0.3) is 11.1 Å². The number of carbonyl (C=O) groups is 1.